The van der Waals surface area contributed by atoms with Gasteiger partial charge in [0.25, 0.3) is 0 Å². The normalized spacial score (nSPS) is 20.3. The fourth-order valence-corrected chi connectivity index (χ4v) is 3.64. The van der Waals surface area contributed by atoms with Crippen LogP contribution in [0.3, 0.4) is 0 Å². The predicted molar refractivity (Wildman–Crippen MR) is 105 cm³/mol. The van der Waals surface area contributed by atoms with Gasteiger partial charge in [-0.25, -0.2) is 4.79 Å². The van der Waals surface area contributed by atoms with E-state index in [4.69, 9.17) is 4.74 Å². The quantitative estimate of drug-likeness (QED) is 0.699. The summed E-state index contributed by atoms with van der Waals surface area (Å²) < 4.78 is 5.49. The average molecular weight is 371 g/mol. The Bertz CT molecular complexity index is 464. The standard InChI is InChI=1S/C18H34N4O2S/c1-18(2,3)24-17(23)21-10-11-22-15(14-21)13-20-16(22)19-9-7-5-6-8-12-25-4/h15H,5-14H2,1-4H3,(H,19,20). The van der Waals surface area contributed by atoms with Crippen molar-refractivity contribution in [3.8, 4) is 0 Å². The molecule has 0 aromatic carbocycles. The number of guanidine groups is 1. The molecule has 0 aliphatic carbocycles. The number of carbonyl (C=O) groups excluding carboxylic acids is 1. The first kappa shape index (κ1) is 20.2. The Balaban J connectivity index is 1.67. The number of piperazine rings is 1. The molecule has 0 aromatic heterocycles. The van der Waals surface area contributed by atoms with Crippen LogP contribution in [-0.4, -0.2) is 78.2 Å². The molecular formula is C18H34N4O2S. The maximum Gasteiger partial charge on any atom is 0.410 e. The van der Waals surface area contributed by atoms with Gasteiger partial charge in [0.15, 0.2) is 5.96 Å². The van der Waals surface area contributed by atoms with Crippen molar-refractivity contribution in [1.82, 2.24) is 15.1 Å². The Morgan fingerprint density at radius 1 is 1.28 bits per heavy atom. The summed E-state index contributed by atoms with van der Waals surface area (Å²) in [5.74, 6) is 2.28. The van der Waals surface area contributed by atoms with Crippen molar-refractivity contribution in [1.29, 1.82) is 0 Å². The number of fused-ring (bicyclic) bond motifs is 1. The highest BCUT2D eigenvalue weighted by Gasteiger charge is 2.36. The molecule has 2 heterocycles. The van der Waals surface area contributed by atoms with Crippen LogP contribution < -0.4 is 5.32 Å². The molecule has 0 bridgehead atoms. The van der Waals surface area contributed by atoms with Gasteiger partial charge in [0.05, 0.1) is 12.6 Å². The number of ether oxygens (including phenoxy) is 1. The minimum atomic E-state index is -0.442. The summed E-state index contributed by atoms with van der Waals surface area (Å²) in [4.78, 5) is 21.0. The molecule has 144 valence electrons. The van der Waals surface area contributed by atoms with E-state index in [1.165, 1.54) is 31.4 Å². The van der Waals surface area contributed by atoms with Gasteiger partial charge in [0.2, 0.25) is 0 Å². The van der Waals surface area contributed by atoms with E-state index in [1.54, 1.807) is 0 Å². The summed E-state index contributed by atoms with van der Waals surface area (Å²) in [6.45, 7) is 9.67. The number of aliphatic imine (C=N–C) groups is 1. The third kappa shape index (κ3) is 6.60. The molecule has 0 aromatic rings. The Kier molecular flexibility index (Phi) is 7.72. The van der Waals surface area contributed by atoms with Crippen LogP contribution in [0.4, 0.5) is 4.79 Å². The number of thioether (sulfide) groups is 1. The molecule has 25 heavy (non-hydrogen) atoms. The summed E-state index contributed by atoms with van der Waals surface area (Å²) in [5, 5.41) is 3.49. The van der Waals surface area contributed by atoms with Crippen molar-refractivity contribution in [2.75, 3.05) is 44.7 Å². The first-order valence-corrected chi connectivity index (χ1v) is 10.8. The molecule has 2 aliphatic rings. The van der Waals surface area contributed by atoms with E-state index in [9.17, 15) is 4.79 Å². The fraction of sp³-hybridized carbons (Fsp3) is 0.889. The second-order valence-electron chi connectivity index (χ2n) is 7.77. The van der Waals surface area contributed by atoms with Gasteiger partial charge in [0, 0.05) is 26.2 Å². The number of rotatable bonds is 7. The Morgan fingerprint density at radius 3 is 2.76 bits per heavy atom. The van der Waals surface area contributed by atoms with Gasteiger partial charge in [-0.1, -0.05) is 12.8 Å². The van der Waals surface area contributed by atoms with Crippen LogP contribution in [0.1, 0.15) is 46.5 Å². The zero-order chi connectivity index (χ0) is 18.3. The lowest BCUT2D eigenvalue weighted by molar-refractivity contribution is 0.0137. The van der Waals surface area contributed by atoms with E-state index in [2.05, 4.69) is 21.5 Å². The molecule has 0 radical (unpaired) electrons. The number of nitrogens with zero attached hydrogens (tertiary/aromatic N) is 3. The molecule has 7 heteroatoms. The molecule has 0 spiro atoms. The summed E-state index contributed by atoms with van der Waals surface area (Å²) in [7, 11) is 0. The lowest BCUT2D eigenvalue weighted by Crippen LogP contribution is -2.57. The molecule has 6 nitrogen and oxygen atoms in total. The molecule has 1 saturated heterocycles. The highest BCUT2D eigenvalue weighted by atomic mass is 32.2. The van der Waals surface area contributed by atoms with Crippen LogP contribution in [0.15, 0.2) is 4.99 Å². The zero-order valence-corrected chi connectivity index (χ0v) is 17.0. The molecule has 1 atom stereocenters. The smallest absolute Gasteiger partial charge is 0.410 e. The second kappa shape index (κ2) is 9.55. The van der Waals surface area contributed by atoms with Gasteiger partial charge >= 0.3 is 6.09 Å². The van der Waals surface area contributed by atoms with Crippen molar-refractivity contribution in [3.63, 3.8) is 0 Å². The third-order valence-corrected chi connectivity index (χ3v) is 5.11. The molecule has 1 unspecified atom stereocenters. The van der Waals surface area contributed by atoms with E-state index < -0.39 is 5.60 Å². The van der Waals surface area contributed by atoms with Crippen molar-refractivity contribution >= 4 is 23.8 Å². The molecule has 2 aliphatic heterocycles. The monoisotopic (exact) mass is 370 g/mol. The van der Waals surface area contributed by atoms with E-state index in [-0.39, 0.29) is 12.1 Å². The second-order valence-corrected chi connectivity index (χ2v) is 8.76. The van der Waals surface area contributed by atoms with Crippen LogP contribution >= 0.6 is 11.8 Å². The summed E-state index contributed by atoms with van der Waals surface area (Å²) in [5.41, 5.74) is -0.442. The maximum atomic E-state index is 12.2. The van der Waals surface area contributed by atoms with Crippen LogP contribution in [0.5, 0.6) is 0 Å². The Labute approximate surface area is 156 Å². The number of amides is 1. The minimum Gasteiger partial charge on any atom is -0.444 e. The van der Waals surface area contributed by atoms with Gasteiger partial charge in [-0.2, -0.15) is 11.8 Å². The molecule has 0 saturated carbocycles. The number of unbranched alkanes of at least 4 members (excludes halogenated alkanes) is 3. The predicted octanol–water partition coefficient (Wildman–Crippen LogP) is 2.79. The largest absolute Gasteiger partial charge is 0.444 e. The van der Waals surface area contributed by atoms with Gasteiger partial charge in [-0.3, -0.25) is 4.99 Å². The minimum absolute atomic E-state index is 0.209. The fourth-order valence-electron chi connectivity index (χ4n) is 3.15. The van der Waals surface area contributed by atoms with Crippen molar-refractivity contribution in [3.05, 3.63) is 0 Å². The third-order valence-electron chi connectivity index (χ3n) is 4.42. The lowest BCUT2D eigenvalue weighted by Gasteiger charge is -2.39. The van der Waals surface area contributed by atoms with Crippen LogP contribution in [0, 0.1) is 0 Å². The van der Waals surface area contributed by atoms with Crippen LogP contribution in [0.25, 0.3) is 0 Å². The Hall–Kier alpha value is -1.11. The number of hydrogen-bond acceptors (Lipinski definition) is 6. The molecule has 2 rings (SSSR count). The lowest BCUT2D eigenvalue weighted by atomic mass is 10.2. The van der Waals surface area contributed by atoms with Crippen molar-refractivity contribution in [2.24, 2.45) is 4.99 Å². The average Bonchev–Trinajstić information content (AvgIpc) is 2.95. The number of carbonyl (C=O) groups is 1. The van der Waals surface area contributed by atoms with E-state index in [1.807, 2.05) is 37.4 Å². The van der Waals surface area contributed by atoms with Crippen molar-refractivity contribution < 1.29 is 9.53 Å². The number of nitrogens with one attached hydrogen (secondary N) is 1. The van der Waals surface area contributed by atoms with E-state index >= 15 is 0 Å². The van der Waals surface area contributed by atoms with Crippen LogP contribution in [0.2, 0.25) is 0 Å². The highest BCUT2D eigenvalue weighted by molar-refractivity contribution is 7.98. The van der Waals surface area contributed by atoms with Gasteiger partial charge < -0.3 is 19.9 Å². The first-order valence-electron chi connectivity index (χ1n) is 9.42. The zero-order valence-electron chi connectivity index (χ0n) is 16.2. The summed E-state index contributed by atoms with van der Waals surface area (Å²) in [6.07, 6.45) is 7.05. The SMILES string of the molecule is CSCCCCCCNC1=NCC2CN(C(=O)OC(C)(C)C)CCN12. The van der Waals surface area contributed by atoms with Gasteiger partial charge in [-0.15, -0.1) is 0 Å². The van der Waals surface area contributed by atoms with Gasteiger partial charge in [-0.05, 0) is 45.6 Å². The summed E-state index contributed by atoms with van der Waals surface area (Å²) in [6, 6.07) is 0.283. The van der Waals surface area contributed by atoms with Gasteiger partial charge in [0.1, 0.15) is 5.60 Å². The van der Waals surface area contributed by atoms with E-state index in [0.29, 0.717) is 13.1 Å². The highest BCUT2D eigenvalue weighted by Crippen LogP contribution is 2.18. The molecular weight excluding hydrogens is 336 g/mol. The first-order chi connectivity index (χ1) is 11.9. The number of hydrogen-bond donors (Lipinski definition) is 1. The Morgan fingerprint density at radius 2 is 2.04 bits per heavy atom. The van der Waals surface area contributed by atoms with Crippen LogP contribution in [-0.2, 0) is 4.74 Å². The summed E-state index contributed by atoms with van der Waals surface area (Å²) >= 11 is 1.92. The van der Waals surface area contributed by atoms with Crippen molar-refractivity contribution in [2.45, 2.75) is 58.1 Å². The molecule has 1 amide bonds. The van der Waals surface area contributed by atoms with E-state index in [0.717, 1.165) is 25.6 Å². The topological polar surface area (TPSA) is 57.2 Å². The molecule has 1 N–H and O–H groups in total. The maximum absolute atomic E-state index is 12.2. The molecule has 1 fully saturated rings.